The number of furan rings is 1. The van der Waals surface area contributed by atoms with Gasteiger partial charge in [-0.15, -0.1) is 10.2 Å². The molecular weight excluding hydrogens is 374 g/mol. The molecule has 4 aromatic rings. The first-order chi connectivity index (χ1) is 14.2. The summed E-state index contributed by atoms with van der Waals surface area (Å²) in [7, 11) is 1.61. The predicted octanol–water partition coefficient (Wildman–Crippen LogP) is 4.17. The molecule has 146 valence electrons. The normalized spacial score (nSPS) is 10.5. The van der Waals surface area contributed by atoms with Gasteiger partial charge in [0.05, 0.1) is 18.9 Å². The number of amides is 1. The second kappa shape index (κ2) is 8.30. The van der Waals surface area contributed by atoms with Gasteiger partial charge in [-0.1, -0.05) is 0 Å². The lowest BCUT2D eigenvalue weighted by Gasteiger charge is -2.06. The molecule has 0 unspecified atom stereocenters. The summed E-state index contributed by atoms with van der Waals surface area (Å²) in [5.41, 5.74) is 1.89. The van der Waals surface area contributed by atoms with Crippen molar-refractivity contribution in [2.75, 3.05) is 12.4 Å². The Morgan fingerprint density at radius 3 is 2.45 bits per heavy atom. The lowest BCUT2D eigenvalue weighted by Crippen LogP contribution is -2.10. The molecular formula is C21H17N3O5. The van der Waals surface area contributed by atoms with Crippen molar-refractivity contribution >= 4 is 11.6 Å². The van der Waals surface area contributed by atoms with Gasteiger partial charge < -0.3 is 23.6 Å². The molecule has 0 saturated carbocycles. The number of nitrogens with zero attached hydrogens (tertiary/aromatic N) is 2. The number of nitrogens with one attached hydrogen (secondary N) is 1. The molecule has 0 aliphatic heterocycles. The fourth-order valence-corrected chi connectivity index (χ4v) is 2.54. The van der Waals surface area contributed by atoms with Gasteiger partial charge in [0.2, 0.25) is 5.89 Å². The number of hydrogen-bond acceptors (Lipinski definition) is 7. The predicted molar refractivity (Wildman–Crippen MR) is 104 cm³/mol. The highest BCUT2D eigenvalue weighted by Crippen LogP contribution is 2.22. The van der Waals surface area contributed by atoms with Crippen molar-refractivity contribution in [3.8, 4) is 23.0 Å². The van der Waals surface area contributed by atoms with Crippen LogP contribution in [0.5, 0.6) is 11.5 Å². The highest BCUT2D eigenvalue weighted by atomic mass is 16.5. The molecule has 2 aromatic carbocycles. The van der Waals surface area contributed by atoms with Crippen LogP contribution in [0.2, 0.25) is 0 Å². The summed E-state index contributed by atoms with van der Waals surface area (Å²) in [6.07, 6.45) is 2.83. The molecule has 0 fully saturated rings. The monoisotopic (exact) mass is 391 g/mol. The summed E-state index contributed by atoms with van der Waals surface area (Å²) in [4.78, 5) is 12.0. The number of anilines is 1. The van der Waals surface area contributed by atoms with Crippen LogP contribution in [-0.2, 0) is 6.61 Å². The fraction of sp³-hybridized carbons (Fsp3) is 0.0952. The minimum atomic E-state index is -0.246. The maximum absolute atomic E-state index is 12.0. The van der Waals surface area contributed by atoms with Gasteiger partial charge in [-0.25, -0.2) is 0 Å². The van der Waals surface area contributed by atoms with Crippen LogP contribution in [0.3, 0.4) is 0 Å². The lowest BCUT2D eigenvalue weighted by molar-refractivity contribution is 0.102. The molecule has 0 spiro atoms. The smallest absolute Gasteiger partial charge is 0.258 e. The molecule has 0 aliphatic rings. The molecule has 0 radical (unpaired) electrons. The van der Waals surface area contributed by atoms with E-state index in [-0.39, 0.29) is 12.5 Å². The number of ether oxygens (including phenoxy) is 2. The third-order valence-corrected chi connectivity index (χ3v) is 4.06. The van der Waals surface area contributed by atoms with E-state index in [1.165, 1.54) is 12.5 Å². The first-order valence-corrected chi connectivity index (χ1v) is 8.74. The zero-order chi connectivity index (χ0) is 20.1. The van der Waals surface area contributed by atoms with Gasteiger partial charge in [0, 0.05) is 11.3 Å². The van der Waals surface area contributed by atoms with Crippen molar-refractivity contribution < 1.29 is 23.1 Å². The van der Waals surface area contributed by atoms with Gasteiger partial charge in [-0.05, 0) is 54.6 Å². The van der Waals surface area contributed by atoms with Gasteiger partial charge in [0.15, 0.2) is 6.61 Å². The summed E-state index contributed by atoms with van der Waals surface area (Å²) < 4.78 is 21.3. The van der Waals surface area contributed by atoms with Crippen LogP contribution in [0.1, 0.15) is 16.2 Å². The van der Waals surface area contributed by atoms with Crippen LogP contribution in [-0.4, -0.2) is 23.2 Å². The second-order valence-electron chi connectivity index (χ2n) is 6.01. The average Bonchev–Trinajstić information content (AvgIpc) is 3.46. The number of rotatable bonds is 7. The Bertz CT molecular complexity index is 1070. The number of carbonyl (C=O) groups excluding carboxylic acids is 1. The molecule has 0 bridgehead atoms. The number of aromatic nitrogens is 2. The quantitative estimate of drug-likeness (QED) is 0.505. The first-order valence-electron chi connectivity index (χ1n) is 8.74. The molecule has 8 heteroatoms. The van der Waals surface area contributed by atoms with Crippen LogP contribution < -0.4 is 14.8 Å². The molecule has 8 nitrogen and oxygen atoms in total. The van der Waals surface area contributed by atoms with Crippen LogP contribution in [0.15, 0.2) is 76.0 Å². The van der Waals surface area contributed by atoms with Crippen molar-refractivity contribution in [2.45, 2.75) is 6.61 Å². The maximum Gasteiger partial charge on any atom is 0.258 e. The van der Waals surface area contributed by atoms with Gasteiger partial charge in [-0.2, -0.15) is 0 Å². The summed E-state index contributed by atoms with van der Waals surface area (Å²) in [5, 5.41) is 10.8. The van der Waals surface area contributed by atoms with E-state index in [4.69, 9.17) is 18.3 Å². The molecule has 1 amide bonds. The van der Waals surface area contributed by atoms with Gasteiger partial charge >= 0.3 is 0 Å². The van der Waals surface area contributed by atoms with Crippen molar-refractivity contribution in [2.24, 2.45) is 0 Å². The summed E-state index contributed by atoms with van der Waals surface area (Å²) in [6, 6.07) is 15.9. The van der Waals surface area contributed by atoms with E-state index in [0.717, 1.165) is 11.3 Å². The molecule has 0 aliphatic carbocycles. The second-order valence-corrected chi connectivity index (χ2v) is 6.01. The van der Waals surface area contributed by atoms with Crippen molar-refractivity contribution in [3.05, 3.63) is 78.6 Å². The maximum atomic E-state index is 12.0. The molecule has 0 atom stereocenters. The Balaban J connectivity index is 1.33. The van der Waals surface area contributed by atoms with Crippen molar-refractivity contribution in [1.82, 2.24) is 10.2 Å². The van der Waals surface area contributed by atoms with E-state index >= 15 is 0 Å². The number of methoxy groups -OCH3 is 1. The molecule has 1 N–H and O–H groups in total. The third-order valence-electron chi connectivity index (χ3n) is 4.06. The average molecular weight is 391 g/mol. The molecule has 0 saturated heterocycles. The molecule has 2 heterocycles. The van der Waals surface area contributed by atoms with Crippen LogP contribution in [0.25, 0.3) is 11.5 Å². The SMILES string of the molecule is COc1ccc(-c2nnc(COc3ccc(NC(=O)c4ccoc4)cc3)o2)cc1. The molecule has 4 rings (SSSR count). The van der Waals surface area contributed by atoms with Gasteiger partial charge in [-0.3, -0.25) is 4.79 Å². The Kier molecular flexibility index (Phi) is 5.24. The topological polar surface area (TPSA) is 99.6 Å². The first kappa shape index (κ1) is 18.3. The minimum absolute atomic E-state index is 0.129. The zero-order valence-electron chi connectivity index (χ0n) is 15.5. The van der Waals surface area contributed by atoms with Crippen LogP contribution in [0, 0.1) is 0 Å². The van der Waals surface area contributed by atoms with Crippen molar-refractivity contribution in [3.63, 3.8) is 0 Å². The Morgan fingerprint density at radius 1 is 1.00 bits per heavy atom. The van der Waals surface area contributed by atoms with E-state index in [1.807, 2.05) is 24.3 Å². The van der Waals surface area contributed by atoms with Crippen LogP contribution >= 0.6 is 0 Å². The van der Waals surface area contributed by atoms with E-state index < -0.39 is 0 Å². The number of hydrogen-bond donors (Lipinski definition) is 1. The summed E-state index contributed by atoms with van der Waals surface area (Å²) in [5.74, 6) is 1.87. The Morgan fingerprint density at radius 2 is 1.76 bits per heavy atom. The molecule has 29 heavy (non-hydrogen) atoms. The van der Waals surface area contributed by atoms with Crippen LogP contribution in [0.4, 0.5) is 5.69 Å². The Labute approximate surface area is 166 Å². The lowest BCUT2D eigenvalue weighted by atomic mass is 10.2. The van der Waals surface area contributed by atoms with E-state index in [1.54, 1.807) is 37.4 Å². The highest BCUT2D eigenvalue weighted by molar-refractivity contribution is 6.03. The minimum Gasteiger partial charge on any atom is -0.497 e. The van der Waals surface area contributed by atoms with Gasteiger partial charge in [0.1, 0.15) is 17.8 Å². The Hall–Kier alpha value is -4.07. The largest absolute Gasteiger partial charge is 0.497 e. The van der Waals surface area contributed by atoms with E-state index in [2.05, 4.69) is 15.5 Å². The molecule has 2 aromatic heterocycles. The number of carbonyl (C=O) groups is 1. The summed E-state index contributed by atoms with van der Waals surface area (Å²) in [6.45, 7) is 0.129. The highest BCUT2D eigenvalue weighted by Gasteiger charge is 2.10. The number of benzene rings is 2. The standard InChI is InChI=1S/C21H17N3O5/c1-26-17-6-2-14(3-7-17)21-24-23-19(29-21)13-28-18-8-4-16(5-9-18)22-20(25)15-10-11-27-12-15/h2-12H,13H2,1H3,(H,22,25). The summed E-state index contributed by atoms with van der Waals surface area (Å²) >= 11 is 0. The zero-order valence-corrected chi connectivity index (χ0v) is 15.5. The fourth-order valence-electron chi connectivity index (χ4n) is 2.54. The van der Waals surface area contributed by atoms with Crippen molar-refractivity contribution in [1.29, 1.82) is 0 Å². The van der Waals surface area contributed by atoms with E-state index in [0.29, 0.717) is 28.8 Å². The van der Waals surface area contributed by atoms with Gasteiger partial charge in [0.25, 0.3) is 11.8 Å². The van der Waals surface area contributed by atoms with E-state index in [9.17, 15) is 4.79 Å². The third kappa shape index (κ3) is 4.44.